The second kappa shape index (κ2) is 6.48. The molecule has 0 radical (unpaired) electrons. The summed E-state index contributed by atoms with van der Waals surface area (Å²) >= 11 is 0. The average molecular weight is 291 g/mol. The highest BCUT2D eigenvalue weighted by Crippen LogP contribution is 2.44. The fraction of sp³-hybridized carbons (Fsp3) is 0.588. The zero-order chi connectivity index (χ0) is 15.5. The Hall–Kier alpha value is -1.55. The second-order valence-corrected chi connectivity index (χ2v) is 6.00. The zero-order valence-electron chi connectivity index (χ0n) is 13.1. The minimum absolute atomic E-state index is 0.119. The minimum Gasteiger partial charge on any atom is -0.508 e. The molecule has 1 saturated heterocycles. The maximum atomic E-state index is 12.0. The predicted octanol–water partition coefficient (Wildman–Crippen LogP) is 2.90. The molecule has 2 atom stereocenters. The van der Waals surface area contributed by atoms with Gasteiger partial charge in [0.25, 0.3) is 0 Å². The topological polar surface area (TPSA) is 49.8 Å². The van der Waals surface area contributed by atoms with Crippen molar-refractivity contribution in [2.45, 2.75) is 38.7 Å². The van der Waals surface area contributed by atoms with Gasteiger partial charge in [0.15, 0.2) is 0 Å². The van der Waals surface area contributed by atoms with E-state index in [0.29, 0.717) is 6.42 Å². The number of ether oxygens (including phenoxy) is 1. The molecule has 1 heterocycles. The van der Waals surface area contributed by atoms with Crippen LogP contribution in [0.4, 0.5) is 0 Å². The van der Waals surface area contributed by atoms with E-state index in [0.717, 1.165) is 31.5 Å². The van der Waals surface area contributed by atoms with E-state index in [2.05, 4.69) is 18.9 Å². The highest BCUT2D eigenvalue weighted by atomic mass is 16.6. The molecule has 1 aromatic carbocycles. The molecule has 0 saturated carbocycles. The molecule has 21 heavy (non-hydrogen) atoms. The maximum Gasteiger partial charge on any atom is 0.306 e. The van der Waals surface area contributed by atoms with Crippen LogP contribution in [0.2, 0.25) is 0 Å². The number of nitrogens with zero attached hydrogens (tertiary/aromatic N) is 1. The van der Waals surface area contributed by atoms with Gasteiger partial charge >= 0.3 is 5.97 Å². The first-order chi connectivity index (χ1) is 9.99. The van der Waals surface area contributed by atoms with Crippen LogP contribution in [0.5, 0.6) is 5.75 Å². The SMILES string of the molecule is CCC(=O)OC1(c2ccccc2O)CCCN(C)CC1C. The zero-order valence-corrected chi connectivity index (χ0v) is 13.1. The van der Waals surface area contributed by atoms with Crippen molar-refractivity contribution in [1.82, 2.24) is 4.90 Å². The lowest BCUT2D eigenvalue weighted by Gasteiger charge is -2.38. The quantitative estimate of drug-likeness (QED) is 0.870. The molecule has 1 aliphatic heterocycles. The molecule has 0 bridgehead atoms. The standard InChI is InChI=1S/C17H25NO3/c1-4-16(20)21-17(14-8-5-6-9-15(14)19)10-7-11-18(3)12-13(17)2/h5-6,8-9,13,19H,4,7,10-12H2,1-3H3. The van der Waals surface area contributed by atoms with Crippen molar-refractivity contribution in [3.63, 3.8) is 0 Å². The van der Waals surface area contributed by atoms with Crippen molar-refractivity contribution < 1.29 is 14.6 Å². The van der Waals surface area contributed by atoms with E-state index in [1.165, 1.54) is 0 Å². The Balaban J connectivity index is 2.48. The Labute approximate surface area is 126 Å². The molecule has 2 unspecified atom stereocenters. The summed E-state index contributed by atoms with van der Waals surface area (Å²) < 4.78 is 5.91. The summed E-state index contributed by atoms with van der Waals surface area (Å²) in [5, 5.41) is 10.3. The van der Waals surface area contributed by atoms with Crippen LogP contribution in [0.3, 0.4) is 0 Å². The molecular formula is C17H25NO3. The van der Waals surface area contributed by atoms with Crippen molar-refractivity contribution in [3.05, 3.63) is 29.8 Å². The Morgan fingerprint density at radius 1 is 1.48 bits per heavy atom. The van der Waals surface area contributed by atoms with E-state index in [1.54, 1.807) is 19.1 Å². The van der Waals surface area contributed by atoms with Crippen LogP contribution in [-0.4, -0.2) is 36.1 Å². The molecule has 4 nitrogen and oxygen atoms in total. The van der Waals surface area contributed by atoms with Crippen LogP contribution in [0.25, 0.3) is 0 Å². The lowest BCUT2D eigenvalue weighted by atomic mass is 9.78. The Morgan fingerprint density at radius 3 is 2.86 bits per heavy atom. The van der Waals surface area contributed by atoms with Gasteiger partial charge in [-0.2, -0.15) is 0 Å². The highest BCUT2D eigenvalue weighted by Gasteiger charge is 2.44. The van der Waals surface area contributed by atoms with E-state index in [9.17, 15) is 9.90 Å². The van der Waals surface area contributed by atoms with Crippen LogP contribution < -0.4 is 0 Å². The molecule has 1 aliphatic rings. The van der Waals surface area contributed by atoms with Crippen molar-refractivity contribution >= 4 is 5.97 Å². The molecule has 116 valence electrons. The molecule has 0 aliphatic carbocycles. The third-order valence-electron chi connectivity index (χ3n) is 4.41. The average Bonchev–Trinajstić information content (AvgIpc) is 2.59. The van der Waals surface area contributed by atoms with Gasteiger partial charge < -0.3 is 14.7 Å². The van der Waals surface area contributed by atoms with Gasteiger partial charge in [0.1, 0.15) is 11.4 Å². The number of esters is 1. The normalized spacial score (nSPS) is 27.1. The molecular weight excluding hydrogens is 266 g/mol. The first kappa shape index (κ1) is 15.8. The highest BCUT2D eigenvalue weighted by molar-refractivity contribution is 5.70. The van der Waals surface area contributed by atoms with Crippen molar-refractivity contribution in [2.24, 2.45) is 5.92 Å². The Morgan fingerprint density at radius 2 is 2.19 bits per heavy atom. The van der Waals surface area contributed by atoms with Crippen LogP contribution in [0.1, 0.15) is 38.7 Å². The molecule has 1 N–H and O–H groups in total. The first-order valence-electron chi connectivity index (χ1n) is 7.68. The van der Waals surface area contributed by atoms with Crippen molar-refractivity contribution in [1.29, 1.82) is 0 Å². The predicted molar refractivity (Wildman–Crippen MR) is 82.1 cm³/mol. The number of phenols is 1. The van der Waals surface area contributed by atoms with E-state index < -0.39 is 5.60 Å². The van der Waals surface area contributed by atoms with Crippen LogP contribution in [0, 0.1) is 5.92 Å². The summed E-state index contributed by atoms with van der Waals surface area (Å²) in [4.78, 5) is 14.2. The largest absolute Gasteiger partial charge is 0.508 e. The lowest BCUT2D eigenvalue weighted by Crippen LogP contribution is -2.41. The Kier molecular flexibility index (Phi) is 4.88. The second-order valence-electron chi connectivity index (χ2n) is 6.00. The number of carbonyl (C=O) groups is 1. The number of benzene rings is 1. The smallest absolute Gasteiger partial charge is 0.306 e. The number of hydrogen-bond donors (Lipinski definition) is 1. The molecule has 1 fully saturated rings. The molecule has 4 heteroatoms. The molecule has 2 rings (SSSR count). The number of rotatable bonds is 3. The van der Waals surface area contributed by atoms with Gasteiger partial charge in [-0.25, -0.2) is 0 Å². The number of carbonyl (C=O) groups excluding carboxylic acids is 1. The summed E-state index contributed by atoms with van der Waals surface area (Å²) in [5.41, 5.74) is -0.00183. The van der Waals surface area contributed by atoms with Gasteiger partial charge in [0, 0.05) is 24.4 Å². The fourth-order valence-corrected chi connectivity index (χ4v) is 3.28. The fourth-order valence-electron chi connectivity index (χ4n) is 3.28. The van der Waals surface area contributed by atoms with E-state index in [-0.39, 0.29) is 17.6 Å². The third kappa shape index (κ3) is 3.21. The van der Waals surface area contributed by atoms with E-state index in [1.807, 2.05) is 12.1 Å². The van der Waals surface area contributed by atoms with Gasteiger partial charge in [-0.15, -0.1) is 0 Å². The monoisotopic (exact) mass is 291 g/mol. The number of hydrogen-bond acceptors (Lipinski definition) is 4. The van der Waals surface area contributed by atoms with Gasteiger partial charge in [0.05, 0.1) is 0 Å². The molecule has 0 aromatic heterocycles. The summed E-state index contributed by atoms with van der Waals surface area (Å²) in [6, 6.07) is 7.22. The first-order valence-corrected chi connectivity index (χ1v) is 7.68. The molecule has 1 aromatic rings. The van der Waals surface area contributed by atoms with E-state index >= 15 is 0 Å². The summed E-state index contributed by atoms with van der Waals surface area (Å²) in [5.74, 6) is 0.112. The van der Waals surface area contributed by atoms with Gasteiger partial charge in [0.2, 0.25) is 0 Å². The lowest BCUT2D eigenvalue weighted by molar-refractivity contribution is -0.168. The van der Waals surface area contributed by atoms with Gasteiger partial charge in [-0.05, 0) is 32.5 Å². The number of aromatic hydroxyl groups is 1. The van der Waals surface area contributed by atoms with Crippen molar-refractivity contribution in [2.75, 3.05) is 20.1 Å². The number of phenolic OH excluding ortho intramolecular Hbond substituents is 1. The van der Waals surface area contributed by atoms with Crippen LogP contribution >= 0.6 is 0 Å². The van der Waals surface area contributed by atoms with Crippen molar-refractivity contribution in [3.8, 4) is 5.75 Å². The number of likely N-dealkylation sites (tertiary alicyclic amines) is 1. The summed E-state index contributed by atoms with van der Waals surface area (Å²) in [7, 11) is 2.08. The van der Waals surface area contributed by atoms with Crippen LogP contribution in [0.15, 0.2) is 24.3 Å². The Bertz CT molecular complexity index is 503. The third-order valence-corrected chi connectivity index (χ3v) is 4.41. The summed E-state index contributed by atoms with van der Waals surface area (Å²) in [6.07, 6.45) is 2.02. The molecule has 0 amide bonds. The van der Waals surface area contributed by atoms with E-state index in [4.69, 9.17) is 4.74 Å². The van der Waals surface area contributed by atoms with Gasteiger partial charge in [-0.3, -0.25) is 4.79 Å². The molecule has 0 spiro atoms. The minimum atomic E-state index is -0.733. The maximum absolute atomic E-state index is 12.0. The van der Waals surface area contributed by atoms with Gasteiger partial charge in [-0.1, -0.05) is 32.0 Å². The number of para-hydroxylation sites is 1. The summed E-state index contributed by atoms with van der Waals surface area (Å²) in [6.45, 7) is 5.71. The van der Waals surface area contributed by atoms with Crippen LogP contribution in [-0.2, 0) is 15.1 Å².